The summed E-state index contributed by atoms with van der Waals surface area (Å²) in [5.41, 5.74) is 2.31. The molecule has 0 radical (unpaired) electrons. The fourth-order valence-electron chi connectivity index (χ4n) is 2.82. The fraction of sp³-hybridized carbons (Fsp3) is 0.421. The number of amides is 1. The number of nitrogens with zero attached hydrogens (tertiary/aromatic N) is 2. The van der Waals surface area contributed by atoms with Crippen LogP contribution in [0.15, 0.2) is 50.0 Å². The van der Waals surface area contributed by atoms with Gasteiger partial charge in [-0.1, -0.05) is 45.4 Å². The first-order valence-corrected chi connectivity index (χ1v) is 10.5. The molecule has 1 aromatic heterocycles. The van der Waals surface area contributed by atoms with Gasteiger partial charge in [0.2, 0.25) is 11.8 Å². The molecule has 0 aliphatic heterocycles. The summed E-state index contributed by atoms with van der Waals surface area (Å²) < 4.78 is 6.62. The van der Waals surface area contributed by atoms with Gasteiger partial charge in [0.25, 0.3) is 5.22 Å². The SMILES string of the molecule is CC(Sc1nnc(-c2cccc(Br)c2)o1)C(=O)NCCC1=CCCCC1. The van der Waals surface area contributed by atoms with Gasteiger partial charge < -0.3 is 9.73 Å². The summed E-state index contributed by atoms with van der Waals surface area (Å²) in [6.07, 6.45) is 8.15. The Bertz CT molecular complexity index is 791. The molecule has 1 aliphatic rings. The Kier molecular flexibility index (Phi) is 6.91. The second kappa shape index (κ2) is 9.37. The zero-order valence-electron chi connectivity index (χ0n) is 14.7. The first kappa shape index (κ1) is 19.2. The second-order valence-corrected chi connectivity index (χ2v) is 8.50. The Morgan fingerprint density at radius 1 is 1.38 bits per heavy atom. The quantitative estimate of drug-likeness (QED) is 0.490. The van der Waals surface area contributed by atoms with Gasteiger partial charge >= 0.3 is 0 Å². The number of nitrogens with one attached hydrogen (secondary N) is 1. The number of carbonyl (C=O) groups excluding carboxylic acids is 1. The predicted molar refractivity (Wildman–Crippen MR) is 107 cm³/mol. The summed E-state index contributed by atoms with van der Waals surface area (Å²) in [6.45, 7) is 2.53. The monoisotopic (exact) mass is 435 g/mol. The zero-order chi connectivity index (χ0) is 18.4. The average molecular weight is 436 g/mol. The van der Waals surface area contributed by atoms with E-state index in [-0.39, 0.29) is 11.2 Å². The molecule has 7 heteroatoms. The number of hydrogen-bond acceptors (Lipinski definition) is 5. The molecule has 138 valence electrons. The molecular weight excluding hydrogens is 414 g/mol. The lowest BCUT2D eigenvalue weighted by Crippen LogP contribution is -2.31. The highest BCUT2D eigenvalue weighted by molar-refractivity contribution is 9.10. The highest BCUT2D eigenvalue weighted by Gasteiger charge is 2.18. The van der Waals surface area contributed by atoms with Gasteiger partial charge in [-0.25, -0.2) is 0 Å². The Morgan fingerprint density at radius 3 is 3.04 bits per heavy atom. The van der Waals surface area contributed by atoms with Crippen LogP contribution in [0.5, 0.6) is 0 Å². The Hall–Kier alpha value is -1.60. The molecular formula is C19H22BrN3O2S. The first-order valence-electron chi connectivity index (χ1n) is 8.83. The van der Waals surface area contributed by atoms with Crippen molar-refractivity contribution in [3.63, 3.8) is 0 Å². The van der Waals surface area contributed by atoms with E-state index < -0.39 is 0 Å². The molecule has 5 nitrogen and oxygen atoms in total. The summed E-state index contributed by atoms with van der Waals surface area (Å²) in [5, 5.41) is 11.2. The summed E-state index contributed by atoms with van der Waals surface area (Å²) in [6, 6.07) is 7.67. The van der Waals surface area contributed by atoms with Crippen LogP contribution in [0.2, 0.25) is 0 Å². The van der Waals surface area contributed by atoms with Gasteiger partial charge in [0, 0.05) is 16.6 Å². The van der Waals surface area contributed by atoms with E-state index >= 15 is 0 Å². The van der Waals surface area contributed by atoms with E-state index in [0.717, 1.165) is 16.5 Å². The third kappa shape index (κ3) is 5.45. The first-order chi connectivity index (χ1) is 12.6. The molecule has 0 spiro atoms. The summed E-state index contributed by atoms with van der Waals surface area (Å²) >= 11 is 4.71. The molecule has 1 unspecified atom stereocenters. The van der Waals surface area contributed by atoms with E-state index in [1.54, 1.807) is 0 Å². The van der Waals surface area contributed by atoms with Gasteiger partial charge in [-0.3, -0.25) is 4.79 Å². The highest BCUT2D eigenvalue weighted by Crippen LogP contribution is 2.27. The van der Waals surface area contributed by atoms with E-state index in [1.807, 2.05) is 31.2 Å². The highest BCUT2D eigenvalue weighted by atomic mass is 79.9. The number of hydrogen-bond donors (Lipinski definition) is 1. The van der Waals surface area contributed by atoms with E-state index in [2.05, 4.69) is 37.5 Å². The molecule has 1 atom stereocenters. The van der Waals surface area contributed by atoms with Crippen LogP contribution in [-0.2, 0) is 4.79 Å². The molecule has 0 fully saturated rings. The molecule has 1 amide bonds. The molecule has 1 N–H and O–H groups in total. The van der Waals surface area contributed by atoms with Gasteiger partial charge in [-0.05, 0) is 57.2 Å². The van der Waals surface area contributed by atoms with Crippen molar-refractivity contribution in [3.8, 4) is 11.5 Å². The van der Waals surface area contributed by atoms with Crippen LogP contribution in [0.4, 0.5) is 0 Å². The number of aromatic nitrogens is 2. The van der Waals surface area contributed by atoms with Gasteiger partial charge in [0.1, 0.15) is 0 Å². The maximum Gasteiger partial charge on any atom is 0.277 e. The Morgan fingerprint density at radius 2 is 2.27 bits per heavy atom. The van der Waals surface area contributed by atoms with Crippen molar-refractivity contribution in [1.29, 1.82) is 0 Å². The van der Waals surface area contributed by atoms with Gasteiger partial charge in [0.05, 0.1) is 5.25 Å². The van der Waals surface area contributed by atoms with Crippen LogP contribution in [0.1, 0.15) is 39.0 Å². The molecule has 1 aliphatic carbocycles. The van der Waals surface area contributed by atoms with Crippen LogP contribution >= 0.6 is 27.7 Å². The maximum absolute atomic E-state index is 12.3. The van der Waals surface area contributed by atoms with Crippen molar-refractivity contribution in [2.45, 2.75) is 49.5 Å². The van der Waals surface area contributed by atoms with E-state index in [0.29, 0.717) is 17.7 Å². The van der Waals surface area contributed by atoms with E-state index in [9.17, 15) is 4.79 Å². The van der Waals surface area contributed by atoms with Crippen molar-refractivity contribution in [1.82, 2.24) is 15.5 Å². The number of carbonyl (C=O) groups is 1. The van der Waals surface area contributed by atoms with Gasteiger partial charge in [-0.15, -0.1) is 10.2 Å². The Balaban J connectivity index is 1.49. The molecule has 2 aromatic rings. The lowest BCUT2D eigenvalue weighted by atomic mass is 9.97. The van der Waals surface area contributed by atoms with E-state index in [4.69, 9.17) is 4.42 Å². The minimum Gasteiger partial charge on any atom is -0.411 e. The summed E-state index contributed by atoms with van der Waals surface area (Å²) in [5.74, 6) is 0.444. The second-order valence-electron chi connectivity index (χ2n) is 6.29. The molecule has 3 rings (SSSR count). The van der Waals surface area contributed by atoms with Crippen molar-refractivity contribution in [2.75, 3.05) is 6.54 Å². The summed E-state index contributed by atoms with van der Waals surface area (Å²) in [7, 11) is 0. The average Bonchev–Trinajstić information content (AvgIpc) is 3.11. The smallest absolute Gasteiger partial charge is 0.277 e. The van der Waals surface area contributed by atoms with Crippen molar-refractivity contribution < 1.29 is 9.21 Å². The van der Waals surface area contributed by atoms with Crippen LogP contribution < -0.4 is 5.32 Å². The molecule has 26 heavy (non-hydrogen) atoms. The maximum atomic E-state index is 12.3. The topological polar surface area (TPSA) is 68.0 Å². The summed E-state index contributed by atoms with van der Waals surface area (Å²) in [4.78, 5) is 12.3. The molecule has 0 bridgehead atoms. The number of rotatable bonds is 7. The molecule has 0 saturated carbocycles. The standard InChI is InChI=1S/C19H22BrN3O2S/c1-13(17(24)21-11-10-14-6-3-2-4-7-14)26-19-23-22-18(25-19)15-8-5-9-16(20)12-15/h5-6,8-9,12-13H,2-4,7,10-11H2,1H3,(H,21,24). The Labute approximate surface area is 166 Å². The number of allylic oxidation sites excluding steroid dienone is 1. The lowest BCUT2D eigenvalue weighted by molar-refractivity contribution is -0.120. The fourth-order valence-corrected chi connectivity index (χ4v) is 3.93. The third-order valence-corrected chi connectivity index (χ3v) is 5.68. The third-order valence-electron chi connectivity index (χ3n) is 4.26. The minimum absolute atomic E-state index is 0.00591. The van der Waals surface area contributed by atoms with Crippen LogP contribution in [-0.4, -0.2) is 27.9 Å². The van der Waals surface area contributed by atoms with Crippen molar-refractivity contribution >= 4 is 33.6 Å². The number of benzene rings is 1. The predicted octanol–water partition coefficient (Wildman–Crippen LogP) is 4.99. The lowest BCUT2D eigenvalue weighted by Gasteiger charge is -2.14. The van der Waals surface area contributed by atoms with Gasteiger partial charge in [-0.2, -0.15) is 0 Å². The number of thioether (sulfide) groups is 1. The van der Waals surface area contributed by atoms with Crippen LogP contribution in [0.3, 0.4) is 0 Å². The molecule has 1 heterocycles. The largest absolute Gasteiger partial charge is 0.411 e. The zero-order valence-corrected chi connectivity index (χ0v) is 17.1. The normalized spacial score (nSPS) is 15.4. The minimum atomic E-state index is -0.286. The molecule has 0 saturated heterocycles. The van der Waals surface area contributed by atoms with Crippen molar-refractivity contribution in [3.05, 3.63) is 40.4 Å². The molecule has 1 aromatic carbocycles. The van der Waals surface area contributed by atoms with Gasteiger partial charge in [0.15, 0.2) is 0 Å². The van der Waals surface area contributed by atoms with E-state index in [1.165, 1.54) is 43.0 Å². The van der Waals surface area contributed by atoms with Crippen LogP contribution in [0.25, 0.3) is 11.5 Å². The van der Waals surface area contributed by atoms with Crippen molar-refractivity contribution in [2.24, 2.45) is 0 Å². The van der Waals surface area contributed by atoms with Crippen LogP contribution in [0, 0.1) is 0 Å². The number of halogens is 1.